The first-order valence-corrected chi connectivity index (χ1v) is 12.1. The van der Waals surface area contributed by atoms with Crippen molar-refractivity contribution < 1.29 is 18.0 Å². The Hall–Kier alpha value is -3.06. The van der Waals surface area contributed by atoms with E-state index in [4.69, 9.17) is 0 Å². The number of piperazine rings is 1. The van der Waals surface area contributed by atoms with Gasteiger partial charge in [-0.25, -0.2) is 0 Å². The van der Waals surface area contributed by atoms with Gasteiger partial charge in [0.1, 0.15) is 0 Å². The second-order valence-corrected chi connectivity index (χ2v) is 9.21. The van der Waals surface area contributed by atoms with Crippen LogP contribution in [0, 0.1) is 6.92 Å². The lowest BCUT2D eigenvalue weighted by atomic mass is 10.0. The van der Waals surface area contributed by atoms with Gasteiger partial charge in [-0.1, -0.05) is 36.4 Å². The molecule has 1 aliphatic rings. The number of carbonyl (C=O) groups is 1. The minimum Gasteiger partial charge on any atom is -0.369 e. The molecule has 35 heavy (non-hydrogen) atoms. The number of Topliss-reactive ketones (excluding diaryl/α,β-unsaturated/α-hetero) is 1. The Labute approximate surface area is 205 Å². The van der Waals surface area contributed by atoms with Gasteiger partial charge in [-0.05, 0) is 56.1 Å². The molecule has 0 amide bonds. The molecule has 0 atom stereocenters. The van der Waals surface area contributed by atoms with Crippen molar-refractivity contribution >= 4 is 11.5 Å². The Morgan fingerprint density at radius 2 is 1.63 bits per heavy atom. The number of ketones is 1. The maximum Gasteiger partial charge on any atom is 0.416 e. The van der Waals surface area contributed by atoms with Crippen LogP contribution in [0.5, 0.6) is 0 Å². The number of alkyl halides is 3. The predicted octanol–water partition coefficient (Wildman–Crippen LogP) is 6.19. The quantitative estimate of drug-likeness (QED) is 0.282. The largest absolute Gasteiger partial charge is 0.416 e. The van der Waals surface area contributed by atoms with Gasteiger partial charge < -0.3 is 9.47 Å². The normalized spacial score (nSPS) is 14.9. The van der Waals surface area contributed by atoms with Crippen molar-refractivity contribution in [1.82, 2.24) is 9.47 Å². The van der Waals surface area contributed by atoms with E-state index >= 15 is 0 Å². The number of carbonyl (C=O) groups excluding carboxylic acids is 1. The summed E-state index contributed by atoms with van der Waals surface area (Å²) in [4.78, 5) is 17.2. The summed E-state index contributed by atoms with van der Waals surface area (Å²) in [6.45, 7) is 5.90. The average molecular weight is 484 g/mol. The van der Waals surface area contributed by atoms with Crippen molar-refractivity contribution in [3.8, 4) is 11.3 Å². The van der Waals surface area contributed by atoms with Gasteiger partial charge in [0.2, 0.25) is 0 Å². The van der Waals surface area contributed by atoms with Crippen LogP contribution >= 0.6 is 0 Å². The third-order valence-electron chi connectivity index (χ3n) is 6.94. The first-order valence-electron chi connectivity index (χ1n) is 12.1. The third-order valence-corrected chi connectivity index (χ3v) is 6.94. The zero-order valence-electron chi connectivity index (χ0n) is 20.3. The molecular formula is C28H32F3N3O. The highest BCUT2D eigenvalue weighted by Crippen LogP contribution is 2.32. The average Bonchev–Trinajstić information content (AvgIpc) is 3.16. The zero-order valence-corrected chi connectivity index (χ0v) is 20.3. The number of halogens is 3. The van der Waals surface area contributed by atoms with E-state index in [9.17, 15) is 18.0 Å². The topological polar surface area (TPSA) is 28.5 Å². The molecule has 4 nitrogen and oxygen atoms in total. The van der Waals surface area contributed by atoms with Crippen LogP contribution in [-0.4, -0.2) is 48.0 Å². The minimum atomic E-state index is -4.32. The van der Waals surface area contributed by atoms with Gasteiger partial charge in [-0.15, -0.1) is 0 Å². The van der Waals surface area contributed by atoms with Crippen molar-refractivity contribution in [2.45, 2.75) is 32.4 Å². The van der Waals surface area contributed by atoms with E-state index in [0.29, 0.717) is 25.2 Å². The van der Waals surface area contributed by atoms with Crippen LogP contribution in [0.3, 0.4) is 0 Å². The van der Waals surface area contributed by atoms with E-state index in [2.05, 4.69) is 21.6 Å². The van der Waals surface area contributed by atoms with Crippen LogP contribution in [-0.2, 0) is 13.2 Å². The molecule has 7 heteroatoms. The number of hydrogen-bond acceptors (Lipinski definition) is 3. The molecule has 186 valence electrons. The number of anilines is 1. The monoisotopic (exact) mass is 483 g/mol. The second kappa shape index (κ2) is 10.7. The Balaban J connectivity index is 1.23. The highest BCUT2D eigenvalue weighted by Gasteiger charge is 2.31. The molecule has 0 bridgehead atoms. The van der Waals surface area contributed by atoms with Crippen molar-refractivity contribution in [3.05, 3.63) is 77.5 Å². The molecule has 1 fully saturated rings. The summed E-state index contributed by atoms with van der Waals surface area (Å²) in [7, 11) is 1.99. The summed E-state index contributed by atoms with van der Waals surface area (Å²) in [6.07, 6.45) is -2.06. The zero-order chi connectivity index (χ0) is 25.0. The van der Waals surface area contributed by atoms with Crippen LogP contribution < -0.4 is 4.90 Å². The molecule has 2 aromatic carbocycles. The molecule has 4 rings (SSSR count). The maximum atomic E-state index is 13.0. The summed E-state index contributed by atoms with van der Waals surface area (Å²) < 4.78 is 41.1. The first-order chi connectivity index (χ1) is 16.7. The highest BCUT2D eigenvalue weighted by molar-refractivity contribution is 5.98. The van der Waals surface area contributed by atoms with Gasteiger partial charge in [0.25, 0.3) is 0 Å². The number of rotatable bonds is 8. The summed E-state index contributed by atoms with van der Waals surface area (Å²) in [5.74, 6) is 0.176. The summed E-state index contributed by atoms with van der Waals surface area (Å²) >= 11 is 0. The van der Waals surface area contributed by atoms with E-state index in [-0.39, 0.29) is 5.78 Å². The molecule has 0 radical (unpaired) electrons. The van der Waals surface area contributed by atoms with Crippen LogP contribution in [0.25, 0.3) is 11.3 Å². The number of hydrogen-bond donors (Lipinski definition) is 0. The summed E-state index contributed by atoms with van der Waals surface area (Å²) in [5, 5.41) is 0. The van der Waals surface area contributed by atoms with Crippen molar-refractivity contribution in [1.29, 1.82) is 0 Å². The van der Waals surface area contributed by atoms with E-state index < -0.39 is 11.7 Å². The third kappa shape index (κ3) is 5.96. The molecule has 0 saturated carbocycles. The Kier molecular flexibility index (Phi) is 7.65. The Bertz CT molecular complexity index is 1150. The summed E-state index contributed by atoms with van der Waals surface area (Å²) in [5.41, 5.74) is 3.94. The number of unbranched alkanes of at least 4 members (excludes halogenated alkanes) is 1. The molecule has 1 aromatic heterocycles. The van der Waals surface area contributed by atoms with Gasteiger partial charge in [-0.2, -0.15) is 13.2 Å². The Morgan fingerprint density at radius 1 is 0.914 bits per heavy atom. The van der Waals surface area contributed by atoms with Gasteiger partial charge in [0, 0.05) is 62.3 Å². The molecule has 0 unspecified atom stereocenters. The van der Waals surface area contributed by atoms with Gasteiger partial charge in [-0.3, -0.25) is 9.69 Å². The molecule has 3 aromatic rings. The standard InChI is InChI=1S/C28H32F3N3O/c1-21-25(20-26(32(21)2)22-9-4-3-5-10-22)27(35)13-6-7-14-33-15-17-34(18-16-33)24-12-8-11-23(19-24)28(29,30)31/h3-5,8-12,19-20H,6-7,13-18H2,1-2H3. The van der Waals surface area contributed by atoms with Gasteiger partial charge in [0.15, 0.2) is 5.78 Å². The molecule has 1 saturated heterocycles. The van der Waals surface area contributed by atoms with Crippen molar-refractivity contribution in [2.24, 2.45) is 7.05 Å². The predicted molar refractivity (Wildman–Crippen MR) is 134 cm³/mol. The summed E-state index contributed by atoms with van der Waals surface area (Å²) in [6, 6.07) is 17.6. The molecule has 1 aliphatic heterocycles. The molecule has 0 N–H and O–H groups in total. The van der Waals surface area contributed by atoms with E-state index in [1.807, 2.05) is 43.1 Å². The SMILES string of the molecule is Cc1c(C(=O)CCCCN2CCN(c3cccc(C(F)(F)F)c3)CC2)cc(-c2ccccc2)n1C. The number of aromatic nitrogens is 1. The molecule has 0 spiro atoms. The van der Waals surface area contributed by atoms with Gasteiger partial charge in [0.05, 0.1) is 5.56 Å². The lowest BCUT2D eigenvalue weighted by molar-refractivity contribution is -0.137. The first kappa shape index (κ1) is 25.0. The maximum absolute atomic E-state index is 13.0. The van der Waals surface area contributed by atoms with Crippen molar-refractivity contribution in [2.75, 3.05) is 37.6 Å². The molecule has 0 aliphatic carbocycles. The fourth-order valence-corrected chi connectivity index (χ4v) is 4.73. The van der Waals surface area contributed by atoms with E-state index in [1.165, 1.54) is 12.1 Å². The minimum absolute atomic E-state index is 0.176. The van der Waals surface area contributed by atoms with Crippen LogP contribution in [0.2, 0.25) is 0 Å². The van der Waals surface area contributed by atoms with Crippen molar-refractivity contribution in [3.63, 3.8) is 0 Å². The second-order valence-electron chi connectivity index (χ2n) is 9.21. The van der Waals surface area contributed by atoms with Crippen LogP contribution in [0.15, 0.2) is 60.7 Å². The lowest BCUT2D eigenvalue weighted by Crippen LogP contribution is -2.46. The molecular weight excluding hydrogens is 451 g/mol. The highest BCUT2D eigenvalue weighted by atomic mass is 19.4. The van der Waals surface area contributed by atoms with Crippen LogP contribution in [0.4, 0.5) is 18.9 Å². The fraction of sp³-hybridized carbons (Fsp3) is 0.393. The fourth-order valence-electron chi connectivity index (χ4n) is 4.73. The van der Waals surface area contributed by atoms with E-state index in [0.717, 1.165) is 61.1 Å². The lowest BCUT2D eigenvalue weighted by Gasteiger charge is -2.36. The number of benzene rings is 2. The molecule has 2 heterocycles. The smallest absolute Gasteiger partial charge is 0.369 e. The van der Waals surface area contributed by atoms with E-state index in [1.54, 1.807) is 6.07 Å². The van der Waals surface area contributed by atoms with Crippen LogP contribution in [0.1, 0.15) is 40.9 Å². The Morgan fingerprint density at radius 3 is 2.31 bits per heavy atom. The van der Waals surface area contributed by atoms with Gasteiger partial charge >= 0.3 is 6.18 Å². The number of nitrogens with zero attached hydrogens (tertiary/aromatic N) is 3.